The van der Waals surface area contributed by atoms with Crippen LogP contribution in [0.15, 0.2) is 0 Å². The predicted molar refractivity (Wildman–Crippen MR) is 66.0 cm³/mol. The SMILES string of the molecule is CC1(NS(=O)C(C)(C)C)CCSCC1. The van der Waals surface area contributed by atoms with Gasteiger partial charge in [-0.2, -0.15) is 11.8 Å². The van der Waals surface area contributed by atoms with Crippen molar-refractivity contribution >= 4 is 22.7 Å². The quantitative estimate of drug-likeness (QED) is 0.796. The average molecular weight is 235 g/mol. The summed E-state index contributed by atoms with van der Waals surface area (Å²) in [6, 6.07) is 0. The third-order valence-electron chi connectivity index (χ3n) is 2.49. The molecule has 0 radical (unpaired) electrons. The zero-order valence-electron chi connectivity index (χ0n) is 9.55. The van der Waals surface area contributed by atoms with Crippen molar-refractivity contribution in [2.75, 3.05) is 11.5 Å². The van der Waals surface area contributed by atoms with Gasteiger partial charge >= 0.3 is 0 Å². The van der Waals surface area contributed by atoms with Crippen molar-refractivity contribution < 1.29 is 4.21 Å². The maximum atomic E-state index is 11.9. The van der Waals surface area contributed by atoms with Gasteiger partial charge in [0.2, 0.25) is 0 Å². The average Bonchev–Trinajstić information content (AvgIpc) is 2.02. The number of hydrogen-bond donors (Lipinski definition) is 1. The van der Waals surface area contributed by atoms with E-state index in [1.807, 2.05) is 32.5 Å². The van der Waals surface area contributed by atoms with Crippen LogP contribution in [0.1, 0.15) is 40.5 Å². The van der Waals surface area contributed by atoms with E-state index in [9.17, 15) is 4.21 Å². The van der Waals surface area contributed by atoms with E-state index >= 15 is 0 Å². The van der Waals surface area contributed by atoms with Crippen LogP contribution >= 0.6 is 11.8 Å². The van der Waals surface area contributed by atoms with Crippen molar-refractivity contribution in [1.29, 1.82) is 0 Å². The fourth-order valence-electron chi connectivity index (χ4n) is 1.30. The Morgan fingerprint density at radius 3 is 2.21 bits per heavy atom. The Hall–Kier alpha value is 0.460. The Balaban J connectivity index is 2.54. The summed E-state index contributed by atoms with van der Waals surface area (Å²) in [7, 11) is -0.933. The van der Waals surface area contributed by atoms with E-state index in [0.29, 0.717) is 0 Å². The van der Waals surface area contributed by atoms with E-state index in [0.717, 1.165) is 12.8 Å². The Kier molecular flexibility index (Phi) is 4.06. The molecule has 4 heteroatoms. The maximum Gasteiger partial charge on any atom is 0.0975 e. The highest BCUT2D eigenvalue weighted by atomic mass is 32.2. The third-order valence-corrected chi connectivity index (χ3v) is 5.27. The summed E-state index contributed by atoms with van der Waals surface area (Å²) in [5.74, 6) is 2.37. The largest absolute Gasteiger partial charge is 0.242 e. The van der Waals surface area contributed by atoms with Gasteiger partial charge in [0.15, 0.2) is 0 Å². The second kappa shape index (κ2) is 4.54. The van der Waals surface area contributed by atoms with Crippen molar-refractivity contribution in [3.05, 3.63) is 0 Å². The highest BCUT2D eigenvalue weighted by Gasteiger charge is 2.32. The first-order valence-corrected chi connectivity index (χ1v) is 7.41. The highest BCUT2D eigenvalue weighted by Crippen LogP contribution is 2.27. The van der Waals surface area contributed by atoms with Gasteiger partial charge in [0, 0.05) is 5.54 Å². The van der Waals surface area contributed by atoms with Gasteiger partial charge in [-0.05, 0) is 52.0 Å². The minimum atomic E-state index is -0.933. The molecule has 1 rings (SSSR count). The van der Waals surface area contributed by atoms with Crippen molar-refractivity contribution in [3.8, 4) is 0 Å². The summed E-state index contributed by atoms with van der Waals surface area (Å²) in [4.78, 5) is 0. The van der Waals surface area contributed by atoms with E-state index in [4.69, 9.17) is 0 Å². The summed E-state index contributed by atoms with van der Waals surface area (Å²) in [6.07, 6.45) is 2.25. The molecule has 84 valence electrons. The molecule has 1 saturated heterocycles. The molecule has 1 atom stereocenters. The monoisotopic (exact) mass is 235 g/mol. The lowest BCUT2D eigenvalue weighted by Crippen LogP contribution is -2.50. The van der Waals surface area contributed by atoms with E-state index < -0.39 is 11.0 Å². The first kappa shape index (κ1) is 12.5. The van der Waals surface area contributed by atoms with E-state index in [1.165, 1.54) is 11.5 Å². The summed E-state index contributed by atoms with van der Waals surface area (Å²) in [6.45, 7) is 8.22. The van der Waals surface area contributed by atoms with Crippen LogP contribution in [0.3, 0.4) is 0 Å². The molecule has 1 N–H and O–H groups in total. The summed E-state index contributed by atoms with van der Waals surface area (Å²) in [5.41, 5.74) is 0.0867. The molecular weight excluding hydrogens is 214 g/mol. The van der Waals surface area contributed by atoms with Crippen LogP contribution in [-0.2, 0) is 11.0 Å². The summed E-state index contributed by atoms with van der Waals surface area (Å²) >= 11 is 1.99. The van der Waals surface area contributed by atoms with Gasteiger partial charge < -0.3 is 0 Å². The zero-order chi connectivity index (χ0) is 10.8. The molecule has 1 unspecified atom stereocenters. The molecule has 0 aromatic carbocycles. The minimum Gasteiger partial charge on any atom is -0.242 e. The lowest BCUT2D eigenvalue weighted by molar-refractivity contribution is 0.393. The lowest BCUT2D eigenvalue weighted by Gasteiger charge is -2.36. The molecule has 0 saturated carbocycles. The second-order valence-corrected chi connectivity index (χ2v) is 8.35. The molecular formula is C10H21NOS2. The molecule has 0 bridgehead atoms. The number of hydrogen-bond acceptors (Lipinski definition) is 2. The van der Waals surface area contributed by atoms with Gasteiger partial charge in [-0.3, -0.25) is 0 Å². The van der Waals surface area contributed by atoms with Crippen LogP contribution in [0, 0.1) is 0 Å². The van der Waals surface area contributed by atoms with E-state index in [2.05, 4.69) is 11.6 Å². The van der Waals surface area contributed by atoms with Gasteiger partial charge in [0.05, 0.1) is 15.7 Å². The van der Waals surface area contributed by atoms with Crippen molar-refractivity contribution in [3.63, 3.8) is 0 Å². The maximum absolute atomic E-state index is 11.9. The first-order valence-electron chi connectivity index (χ1n) is 5.11. The molecule has 0 spiro atoms. The van der Waals surface area contributed by atoms with Crippen LogP contribution in [0.25, 0.3) is 0 Å². The smallest absolute Gasteiger partial charge is 0.0975 e. The topological polar surface area (TPSA) is 29.1 Å². The predicted octanol–water partition coefficient (Wildman–Crippen LogP) is 2.32. The van der Waals surface area contributed by atoms with Crippen molar-refractivity contribution in [2.45, 2.75) is 50.8 Å². The lowest BCUT2D eigenvalue weighted by atomic mass is 9.97. The summed E-state index contributed by atoms with van der Waals surface area (Å²) in [5, 5.41) is 0. The Bertz CT molecular complexity index is 217. The van der Waals surface area contributed by atoms with E-state index in [-0.39, 0.29) is 10.3 Å². The highest BCUT2D eigenvalue weighted by molar-refractivity contribution is 7.99. The van der Waals surface area contributed by atoms with Crippen molar-refractivity contribution in [1.82, 2.24) is 4.72 Å². The van der Waals surface area contributed by atoms with Crippen molar-refractivity contribution in [2.24, 2.45) is 0 Å². The normalized spacial score (nSPS) is 24.6. The second-order valence-electron chi connectivity index (χ2n) is 5.16. The molecule has 2 nitrogen and oxygen atoms in total. The van der Waals surface area contributed by atoms with Gasteiger partial charge in [-0.15, -0.1) is 0 Å². The Morgan fingerprint density at radius 1 is 1.29 bits per heavy atom. The Labute approximate surface area is 94.2 Å². The number of nitrogens with one attached hydrogen (secondary N) is 1. The third kappa shape index (κ3) is 3.55. The summed E-state index contributed by atoms with van der Waals surface area (Å²) < 4.78 is 15.1. The standard InChI is InChI=1S/C10H21NOS2/c1-9(2,3)14(12)11-10(4)5-7-13-8-6-10/h11H,5-8H2,1-4H3. The zero-order valence-corrected chi connectivity index (χ0v) is 11.2. The van der Waals surface area contributed by atoms with E-state index in [1.54, 1.807) is 0 Å². The fourth-order valence-corrected chi connectivity index (χ4v) is 3.65. The number of thioether (sulfide) groups is 1. The molecule has 14 heavy (non-hydrogen) atoms. The van der Waals surface area contributed by atoms with Gasteiger partial charge in [0.1, 0.15) is 0 Å². The molecule has 0 aromatic rings. The van der Waals surface area contributed by atoms with Gasteiger partial charge in [-0.1, -0.05) is 0 Å². The molecule has 0 aliphatic carbocycles. The van der Waals surface area contributed by atoms with Crippen LogP contribution in [-0.4, -0.2) is 26.0 Å². The van der Waals surface area contributed by atoms with Crippen LogP contribution in [0.4, 0.5) is 0 Å². The minimum absolute atomic E-state index is 0.0867. The Morgan fingerprint density at radius 2 is 1.79 bits per heavy atom. The first-order chi connectivity index (χ1) is 6.33. The molecule has 1 aliphatic rings. The molecule has 1 fully saturated rings. The molecule has 0 amide bonds. The number of rotatable bonds is 2. The van der Waals surface area contributed by atoms with Crippen LogP contribution in [0.2, 0.25) is 0 Å². The fraction of sp³-hybridized carbons (Fsp3) is 1.00. The molecule has 0 aromatic heterocycles. The molecule has 1 heterocycles. The van der Waals surface area contributed by atoms with Gasteiger partial charge in [0.25, 0.3) is 0 Å². The van der Waals surface area contributed by atoms with Gasteiger partial charge in [-0.25, -0.2) is 8.93 Å². The van der Waals surface area contributed by atoms with Crippen LogP contribution in [0.5, 0.6) is 0 Å². The molecule has 1 aliphatic heterocycles. The van der Waals surface area contributed by atoms with Crippen LogP contribution < -0.4 is 4.72 Å².